The third kappa shape index (κ3) is 8.27. The van der Waals surface area contributed by atoms with Crippen LogP contribution in [0.5, 0.6) is 0 Å². The van der Waals surface area contributed by atoms with E-state index in [1.165, 1.54) is 0 Å². The van der Waals surface area contributed by atoms with Gasteiger partial charge in [0.1, 0.15) is 0 Å². The van der Waals surface area contributed by atoms with Crippen molar-refractivity contribution in [2.45, 2.75) is 6.42 Å². The van der Waals surface area contributed by atoms with Gasteiger partial charge >= 0.3 is 0 Å². The second-order valence-corrected chi connectivity index (χ2v) is 2.24. The van der Waals surface area contributed by atoms with Crippen LogP contribution < -0.4 is 5.32 Å². The highest BCUT2D eigenvalue weighted by molar-refractivity contribution is 7.80. The summed E-state index contributed by atoms with van der Waals surface area (Å²) in [7, 11) is 1.92. The monoisotopic (exact) mass is 149 g/mol. The summed E-state index contributed by atoms with van der Waals surface area (Å²) in [6, 6.07) is 0. The smallest absolute Gasteiger partial charge is 0.0590 e. The van der Waals surface area contributed by atoms with Crippen molar-refractivity contribution in [3.05, 3.63) is 0 Å². The van der Waals surface area contributed by atoms with Crippen LogP contribution >= 0.6 is 12.6 Å². The minimum absolute atomic E-state index is 0.810. The normalized spacial score (nSPS) is 10.0. The minimum Gasteiger partial charge on any atom is -0.380 e. The fourth-order valence-corrected chi connectivity index (χ4v) is 0.572. The van der Waals surface area contributed by atoms with E-state index in [9.17, 15) is 0 Å². The van der Waals surface area contributed by atoms with Gasteiger partial charge in [0.25, 0.3) is 0 Å². The molecule has 0 atom stereocenters. The van der Waals surface area contributed by atoms with Gasteiger partial charge in [0.05, 0.1) is 6.61 Å². The molecule has 0 aliphatic heterocycles. The molecule has 56 valence electrons. The number of likely N-dealkylation sites (N-methyl/N-ethyl adjacent to an activating group) is 1. The molecule has 0 aromatic rings. The van der Waals surface area contributed by atoms with Crippen molar-refractivity contribution in [2.24, 2.45) is 0 Å². The first-order valence-corrected chi connectivity index (χ1v) is 3.88. The van der Waals surface area contributed by atoms with Crippen LogP contribution in [0.4, 0.5) is 0 Å². The molecule has 0 rings (SSSR count). The summed E-state index contributed by atoms with van der Waals surface area (Å²) in [4.78, 5) is 0. The van der Waals surface area contributed by atoms with Gasteiger partial charge in [-0.15, -0.1) is 0 Å². The fraction of sp³-hybridized carbons (Fsp3) is 1.00. The molecule has 0 unspecified atom stereocenters. The summed E-state index contributed by atoms with van der Waals surface area (Å²) >= 11 is 4.05. The molecular weight excluding hydrogens is 134 g/mol. The number of ether oxygens (including phenoxy) is 1. The van der Waals surface area contributed by atoms with Crippen LogP contribution in [-0.4, -0.2) is 32.6 Å². The fourth-order valence-electron chi connectivity index (χ4n) is 0.443. The zero-order valence-electron chi connectivity index (χ0n) is 5.89. The maximum Gasteiger partial charge on any atom is 0.0590 e. The van der Waals surface area contributed by atoms with Crippen LogP contribution in [0.1, 0.15) is 6.42 Å². The third-order valence-corrected chi connectivity index (χ3v) is 1.26. The second kappa shape index (κ2) is 8.27. The summed E-state index contributed by atoms with van der Waals surface area (Å²) in [6.45, 7) is 2.59. The van der Waals surface area contributed by atoms with Gasteiger partial charge in [-0.2, -0.15) is 12.6 Å². The van der Waals surface area contributed by atoms with E-state index in [2.05, 4.69) is 17.9 Å². The van der Waals surface area contributed by atoms with Crippen LogP contribution in [0.15, 0.2) is 0 Å². The summed E-state index contributed by atoms with van der Waals surface area (Å²) in [6.07, 6.45) is 1.05. The van der Waals surface area contributed by atoms with Crippen molar-refractivity contribution in [2.75, 3.05) is 32.6 Å². The molecule has 0 aliphatic rings. The van der Waals surface area contributed by atoms with E-state index in [0.717, 1.165) is 31.9 Å². The zero-order valence-corrected chi connectivity index (χ0v) is 6.79. The van der Waals surface area contributed by atoms with E-state index in [-0.39, 0.29) is 0 Å². The molecule has 1 N–H and O–H groups in total. The van der Waals surface area contributed by atoms with Crippen molar-refractivity contribution >= 4 is 12.6 Å². The summed E-state index contributed by atoms with van der Waals surface area (Å²) < 4.78 is 5.20. The maximum absolute atomic E-state index is 5.20. The van der Waals surface area contributed by atoms with E-state index < -0.39 is 0 Å². The lowest BCUT2D eigenvalue weighted by atomic mass is 10.5. The van der Waals surface area contributed by atoms with Crippen LogP contribution in [0, 0.1) is 0 Å². The first-order chi connectivity index (χ1) is 4.41. The van der Waals surface area contributed by atoms with Crippen LogP contribution in [0.25, 0.3) is 0 Å². The van der Waals surface area contributed by atoms with E-state index in [0.29, 0.717) is 0 Å². The second-order valence-electron chi connectivity index (χ2n) is 1.79. The Morgan fingerprint density at radius 1 is 1.44 bits per heavy atom. The number of nitrogens with one attached hydrogen (secondary N) is 1. The number of hydrogen-bond acceptors (Lipinski definition) is 3. The molecule has 0 bridgehead atoms. The predicted molar refractivity (Wildman–Crippen MR) is 43.2 cm³/mol. The molecule has 0 fully saturated rings. The largest absolute Gasteiger partial charge is 0.380 e. The van der Waals surface area contributed by atoms with Crippen LogP contribution in [0.2, 0.25) is 0 Å². The molecule has 0 aromatic heterocycles. The molecule has 3 heteroatoms. The maximum atomic E-state index is 5.20. The Labute approximate surface area is 62.4 Å². The van der Waals surface area contributed by atoms with Gasteiger partial charge in [0, 0.05) is 13.2 Å². The Morgan fingerprint density at radius 3 is 2.78 bits per heavy atom. The Kier molecular flexibility index (Phi) is 8.52. The van der Waals surface area contributed by atoms with Gasteiger partial charge < -0.3 is 10.1 Å². The van der Waals surface area contributed by atoms with Gasteiger partial charge in [0.15, 0.2) is 0 Å². The highest BCUT2D eigenvalue weighted by atomic mass is 32.1. The van der Waals surface area contributed by atoms with Crippen LogP contribution in [0.3, 0.4) is 0 Å². The molecule has 0 aliphatic carbocycles. The number of rotatable bonds is 6. The van der Waals surface area contributed by atoms with Crippen molar-refractivity contribution in [3.63, 3.8) is 0 Å². The Bertz CT molecular complexity index is 46.3. The molecular formula is C6H15NOS. The van der Waals surface area contributed by atoms with E-state index in [1.54, 1.807) is 0 Å². The molecule has 0 saturated carbocycles. The Balaban J connectivity index is 2.60. The van der Waals surface area contributed by atoms with Crippen LogP contribution in [-0.2, 0) is 4.74 Å². The number of hydrogen-bond donors (Lipinski definition) is 2. The van der Waals surface area contributed by atoms with Gasteiger partial charge in [-0.05, 0) is 19.2 Å². The molecule has 9 heavy (non-hydrogen) atoms. The Morgan fingerprint density at radius 2 is 2.22 bits per heavy atom. The van der Waals surface area contributed by atoms with Crippen molar-refractivity contribution in [3.8, 4) is 0 Å². The van der Waals surface area contributed by atoms with Crippen molar-refractivity contribution in [1.82, 2.24) is 5.32 Å². The molecule has 0 heterocycles. The van der Waals surface area contributed by atoms with Gasteiger partial charge in [-0.3, -0.25) is 0 Å². The lowest BCUT2D eigenvalue weighted by molar-refractivity contribution is 0.138. The highest BCUT2D eigenvalue weighted by Gasteiger charge is 1.84. The Hall–Kier alpha value is 0.270. The molecule has 0 radical (unpaired) electrons. The standard InChI is InChI=1S/C6H15NOS/c1-7-3-5-8-4-2-6-9/h7,9H,2-6H2,1H3. The minimum atomic E-state index is 0.810. The lowest BCUT2D eigenvalue weighted by Crippen LogP contribution is -2.14. The molecule has 0 spiro atoms. The molecule has 0 aromatic carbocycles. The van der Waals surface area contributed by atoms with Crippen molar-refractivity contribution in [1.29, 1.82) is 0 Å². The zero-order chi connectivity index (χ0) is 6.95. The first kappa shape index (κ1) is 9.27. The van der Waals surface area contributed by atoms with Gasteiger partial charge in [-0.1, -0.05) is 0 Å². The lowest BCUT2D eigenvalue weighted by Gasteiger charge is -2.00. The summed E-state index contributed by atoms with van der Waals surface area (Å²) in [5.74, 6) is 0.916. The van der Waals surface area contributed by atoms with Gasteiger partial charge in [0.2, 0.25) is 0 Å². The average Bonchev–Trinajstić information content (AvgIpc) is 1.89. The topological polar surface area (TPSA) is 21.3 Å². The van der Waals surface area contributed by atoms with Crippen molar-refractivity contribution < 1.29 is 4.74 Å². The van der Waals surface area contributed by atoms with E-state index in [1.807, 2.05) is 7.05 Å². The average molecular weight is 149 g/mol. The first-order valence-electron chi connectivity index (χ1n) is 3.25. The highest BCUT2D eigenvalue weighted by Crippen LogP contribution is 1.83. The predicted octanol–water partition coefficient (Wildman–Crippen LogP) is 0.542. The SMILES string of the molecule is CNCCOCCCS. The van der Waals surface area contributed by atoms with E-state index in [4.69, 9.17) is 4.74 Å². The molecule has 0 saturated heterocycles. The number of thiol groups is 1. The van der Waals surface area contributed by atoms with Gasteiger partial charge in [-0.25, -0.2) is 0 Å². The van der Waals surface area contributed by atoms with E-state index >= 15 is 0 Å². The summed E-state index contributed by atoms with van der Waals surface area (Å²) in [5.41, 5.74) is 0. The third-order valence-electron chi connectivity index (χ3n) is 0.943. The molecule has 0 amide bonds. The quantitative estimate of drug-likeness (QED) is 0.425. The molecule has 2 nitrogen and oxygen atoms in total. The summed E-state index contributed by atoms with van der Waals surface area (Å²) in [5, 5.41) is 3.00.